The molecule has 2 aromatic rings. The van der Waals surface area contributed by atoms with Crippen LogP contribution in [0.5, 0.6) is 0 Å². The zero-order valence-electron chi connectivity index (χ0n) is 11.1. The molecule has 100 valence electrons. The van der Waals surface area contributed by atoms with Crippen LogP contribution in [-0.4, -0.2) is 5.78 Å². The molecule has 0 saturated heterocycles. The van der Waals surface area contributed by atoms with E-state index in [1.54, 1.807) is 0 Å². The van der Waals surface area contributed by atoms with Crippen molar-refractivity contribution in [1.82, 2.24) is 0 Å². The monoisotopic (exact) mass is 326 g/mol. The number of Topliss-reactive ketones (excluding diaryl/α,β-unsaturated/α-hetero) is 1. The highest BCUT2D eigenvalue weighted by molar-refractivity contribution is 9.12. The second-order valence-corrected chi connectivity index (χ2v) is 5.97. The molecule has 1 aliphatic rings. The highest BCUT2D eigenvalue weighted by Gasteiger charge is 2.36. The van der Waals surface area contributed by atoms with E-state index in [1.165, 1.54) is 11.1 Å². The summed E-state index contributed by atoms with van der Waals surface area (Å²) in [6.45, 7) is 0. The molecule has 0 amide bonds. The highest BCUT2D eigenvalue weighted by atomic mass is 79.9. The van der Waals surface area contributed by atoms with E-state index in [0.29, 0.717) is 10.9 Å². The lowest BCUT2D eigenvalue weighted by atomic mass is 9.68. The topological polar surface area (TPSA) is 17.1 Å². The molecule has 20 heavy (non-hydrogen) atoms. The minimum atomic E-state index is -0.213. The van der Waals surface area contributed by atoms with Gasteiger partial charge in [-0.1, -0.05) is 66.7 Å². The Hall–Kier alpha value is -1.67. The maximum Gasteiger partial charge on any atom is 0.169 e. The fraction of sp³-hybridized carbons (Fsp3) is 0.167. The van der Waals surface area contributed by atoms with Crippen LogP contribution in [0.4, 0.5) is 0 Å². The van der Waals surface area contributed by atoms with Crippen molar-refractivity contribution in [2.75, 3.05) is 0 Å². The number of benzene rings is 2. The molecule has 0 N–H and O–H groups in total. The van der Waals surface area contributed by atoms with Gasteiger partial charge in [-0.2, -0.15) is 0 Å². The number of halogens is 1. The van der Waals surface area contributed by atoms with Gasteiger partial charge in [0.1, 0.15) is 0 Å². The molecule has 0 unspecified atom stereocenters. The molecule has 2 aromatic carbocycles. The third kappa shape index (κ3) is 2.25. The zero-order chi connectivity index (χ0) is 14.0. The summed E-state index contributed by atoms with van der Waals surface area (Å²) in [5.41, 5.74) is 2.25. The standard InChI is InChI=1S/C18H15BrO/c19-16-13-18(12-11-17(16)20,14-7-3-1-4-8-14)15-9-5-2-6-10-15/h1-10,13H,11-12H2. The number of carbonyl (C=O) groups excluding carboxylic acids is 1. The predicted octanol–water partition coefficient (Wildman–Crippen LogP) is 4.61. The molecule has 0 heterocycles. The number of rotatable bonds is 2. The molecule has 0 atom stereocenters. The predicted molar refractivity (Wildman–Crippen MR) is 84.9 cm³/mol. The van der Waals surface area contributed by atoms with Gasteiger partial charge in [-0.15, -0.1) is 0 Å². The van der Waals surface area contributed by atoms with Gasteiger partial charge < -0.3 is 0 Å². The van der Waals surface area contributed by atoms with E-state index in [2.05, 4.69) is 70.5 Å². The molecular weight excluding hydrogens is 312 g/mol. The summed E-state index contributed by atoms with van der Waals surface area (Å²) in [4.78, 5) is 11.8. The minimum Gasteiger partial charge on any atom is -0.294 e. The number of allylic oxidation sites excluding steroid dienone is 2. The SMILES string of the molecule is O=C1CCC(c2ccccc2)(c2ccccc2)C=C1Br. The van der Waals surface area contributed by atoms with Gasteiger partial charge in [-0.3, -0.25) is 4.79 Å². The lowest BCUT2D eigenvalue weighted by Crippen LogP contribution is -2.30. The largest absolute Gasteiger partial charge is 0.294 e. The Kier molecular flexibility index (Phi) is 3.58. The van der Waals surface area contributed by atoms with Gasteiger partial charge in [0.25, 0.3) is 0 Å². The molecule has 0 aromatic heterocycles. The molecule has 2 heteroatoms. The molecule has 0 fully saturated rings. The van der Waals surface area contributed by atoms with Gasteiger partial charge in [-0.25, -0.2) is 0 Å². The first-order valence-corrected chi connectivity index (χ1v) is 7.54. The molecule has 0 spiro atoms. The van der Waals surface area contributed by atoms with E-state index in [-0.39, 0.29) is 11.2 Å². The van der Waals surface area contributed by atoms with Crippen LogP contribution >= 0.6 is 15.9 Å². The van der Waals surface area contributed by atoms with Crippen LogP contribution in [0.2, 0.25) is 0 Å². The molecular formula is C18H15BrO. The smallest absolute Gasteiger partial charge is 0.169 e. The first-order valence-electron chi connectivity index (χ1n) is 6.75. The Labute approximate surface area is 127 Å². The van der Waals surface area contributed by atoms with Crippen molar-refractivity contribution in [3.63, 3.8) is 0 Å². The van der Waals surface area contributed by atoms with Gasteiger partial charge in [0.05, 0.1) is 4.48 Å². The average Bonchev–Trinajstić information content (AvgIpc) is 2.52. The van der Waals surface area contributed by atoms with E-state index in [0.717, 1.165) is 6.42 Å². The van der Waals surface area contributed by atoms with Gasteiger partial charge in [0.2, 0.25) is 0 Å². The highest BCUT2D eigenvalue weighted by Crippen LogP contribution is 2.43. The first kappa shape index (κ1) is 13.3. The van der Waals surface area contributed by atoms with Gasteiger partial charge in [-0.05, 0) is 33.5 Å². The molecule has 1 aliphatic carbocycles. The third-order valence-electron chi connectivity index (χ3n) is 3.96. The van der Waals surface area contributed by atoms with Crippen LogP contribution < -0.4 is 0 Å². The van der Waals surface area contributed by atoms with Crippen molar-refractivity contribution in [2.24, 2.45) is 0 Å². The van der Waals surface area contributed by atoms with E-state index < -0.39 is 0 Å². The van der Waals surface area contributed by atoms with Gasteiger partial charge in [0, 0.05) is 11.8 Å². The molecule has 1 nitrogen and oxygen atoms in total. The fourth-order valence-corrected chi connectivity index (χ4v) is 3.48. The van der Waals surface area contributed by atoms with Crippen LogP contribution in [0, 0.1) is 0 Å². The number of hydrogen-bond acceptors (Lipinski definition) is 1. The Bertz CT molecular complexity index is 604. The van der Waals surface area contributed by atoms with E-state index in [4.69, 9.17) is 0 Å². The fourth-order valence-electron chi connectivity index (χ4n) is 2.89. The number of ketones is 1. The van der Waals surface area contributed by atoms with E-state index in [1.807, 2.05) is 12.1 Å². The Morgan fingerprint density at radius 2 is 1.35 bits per heavy atom. The molecule has 0 bridgehead atoms. The maximum atomic E-state index is 11.8. The normalized spacial score (nSPS) is 17.6. The zero-order valence-corrected chi connectivity index (χ0v) is 12.6. The maximum absolute atomic E-state index is 11.8. The molecule has 0 radical (unpaired) electrons. The quantitative estimate of drug-likeness (QED) is 0.787. The van der Waals surface area contributed by atoms with E-state index in [9.17, 15) is 4.79 Å². The summed E-state index contributed by atoms with van der Waals surface area (Å²) < 4.78 is 0.691. The molecule has 0 saturated carbocycles. The summed E-state index contributed by atoms with van der Waals surface area (Å²) in [5, 5.41) is 0. The lowest BCUT2D eigenvalue weighted by Gasteiger charge is -2.35. The van der Waals surface area contributed by atoms with E-state index >= 15 is 0 Å². The molecule has 0 aliphatic heterocycles. The minimum absolute atomic E-state index is 0.187. The summed E-state index contributed by atoms with van der Waals surface area (Å²) in [7, 11) is 0. The second kappa shape index (κ2) is 5.37. The summed E-state index contributed by atoms with van der Waals surface area (Å²) in [5.74, 6) is 0.187. The summed E-state index contributed by atoms with van der Waals surface area (Å²) in [6, 6.07) is 20.8. The Morgan fingerprint density at radius 1 is 0.850 bits per heavy atom. The van der Waals surface area contributed by atoms with Crippen LogP contribution in [0.15, 0.2) is 71.2 Å². The van der Waals surface area contributed by atoms with Gasteiger partial charge >= 0.3 is 0 Å². The lowest BCUT2D eigenvalue weighted by molar-refractivity contribution is -0.115. The molecule has 3 rings (SSSR count). The van der Waals surface area contributed by atoms with Crippen molar-refractivity contribution >= 4 is 21.7 Å². The Balaban J connectivity index is 2.22. The van der Waals surface area contributed by atoms with Crippen LogP contribution in [0.3, 0.4) is 0 Å². The van der Waals surface area contributed by atoms with Gasteiger partial charge in [0.15, 0.2) is 5.78 Å². The third-order valence-corrected chi connectivity index (χ3v) is 4.63. The number of carbonyl (C=O) groups is 1. The van der Waals surface area contributed by atoms with Crippen LogP contribution in [0.1, 0.15) is 24.0 Å². The van der Waals surface area contributed by atoms with Crippen LogP contribution in [-0.2, 0) is 10.2 Å². The van der Waals surface area contributed by atoms with Crippen molar-refractivity contribution < 1.29 is 4.79 Å². The van der Waals surface area contributed by atoms with Crippen LogP contribution in [0.25, 0.3) is 0 Å². The van der Waals surface area contributed by atoms with Crippen molar-refractivity contribution in [3.8, 4) is 0 Å². The van der Waals surface area contributed by atoms with Crippen molar-refractivity contribution in [1.29, 1.82) is 0 Å². The Morgan fingerprint density at radius 3 is 1.80 bits per heavy atom. The average molecular weight is 327 g/mol. The summed E-state index contributed by atoms with van der Waals surface area (Å²) >= 11 is 3.44. The first-order chi connectivity index (χ1) is 9.72. The van der Waals surface area contributed by atoms with Crippen molar-refractivity contribution in [2.45, 2.75) is 18.3 Å². The number of hydrogen-bond donors (Lipinski definition) is 0. The van der Waals surface area contributed by atoms with Crippen molar-refractivity contribution in [3.05, 3.63) is 82.3 Å². The summed E-state index contributed by atoms with van der Waals surface area (Å²) in [6.07, 6.45) is 3.46. The second-order valence-electron chi connectivity index (χ2n) is 5.12.